The van der Waals surface area contributed by atoms with Crippen LogP contribution in [0.1, 0.15) is 57.6 Å². The summed E-state index contributed by atoms with van der Waals surface area (Å²) in [7, 11) is -4.02. The number of likely N-dealkylation sites (tertiary alicyclic amines) is 1. The van der Waals surface area contributed by atoms with E-state index in [4.69, 9.17) is 10.2 Å². The number of aromatic nitrogens is 2. The molecule has 1 amide bonds. The third-order valence-corrected chi connectivity index (χ3v) is 8.80. The summed E-state index contributed by atoms with van der Waals surface area (Å²) in [6.45, 7) is 2.89. The van der Waals surface area contributed by atoms with Gasteiger partial charge in [0.15, 0.2) is 0 Å². The first-order valence-corrected chi connectivity index (χ1v) is 15.4. The molecule has 226 valence electrons. The molecule has 0 saturated carbocycles. The number of aliphatic carboxylic acids is 2. The second kappa shape index (κ2) is 15.2. The van der Waals surface area contributed by atoms with Gasteiger partial charge in [-0.1, -0.05) is 13.0 Å². The monoisotopic (exact) mass is 599 g/mol. The van der Waals surface area contributed by atoms with Gasteiger partial charge in [0, 0.05) is 55.8 Å². The maximum absolute atomic E-state index is 13.6. The minimum Gasteiger partial charge on any atom is -0.481 e. The number of sulfonamides is 1. The third-order valence-electron chi connectivity index (χ3n) is 7.27. The molecule has 42 heavy (non-hydrogen) atoms. The number of aromatic amines is 1. The maximum atomic E-state index is 13.6. The molecule has 4 rings (SSSR count). The summed E-state index contributed by atoms with van der Waals surface area (Å²) in [6.07, 6.45) is 6.87. The number of aryl methyl sites for hydroxylation is 1. The van der Waals surface area contributed by atoms with Gasteiger partial charge in [-0.05, 0) is 68.4 Å². The average molecular weight is 600 g/mol. The van der Waals surface area contributed by atoms with E-state index in [9.17, 15) is 28.1 Å². The zero-order valence-corrected chi connectivity index (χ0v) is 24.3. The predicted octanol–water partition coefficient (Wildman–Crippen LogP) is 3.55. The lowest BCUT2D eigenvalue weighted by molar-refractivity contribution is -0.138. The van der Waals surface area contributed by atoms with Crippen LogP contribution in [0, 0.1) is 17.2 Å². The van der Waals surface area contributed by atoms with Gasteiger partial charge in [0.2, 0.25) is 15.9 Å². The topological polar surface area (TPSA) is 186 Å². The molecule has 4 N–H and O–H groups in total. The molecular weight excluding hydrogens is 562 g/mol. The van der Waals surface area contributed by atoms with Crippen LogP contribution in [0.4, 0.5) is 0 Å². The Morgan fingerprint density at radius 2 is 1.83 bits per heavy atom. The largest absolute Gasteiger partial charge is 0.481 e. The number of nitrogens with zero attached hydrogens (tertiary/aromatic N) is 3. The van der Waals surface area contributed by atoms with E-state index in [1.807, 2.05) is 0 Å². The number of carbonyl (C=O) groups is 3. The molecule has 1 saturated heterocycles. The van der Waals surface area contributed by atoms with E-state index in [1.165, 1.54) is 6.07 Å². The minimum atomic E-state index is -4.02. The number of H-pyrrole nitrogens is 1. The second-order valence-corrected chi connectivity index (χ2v) is 11.8. The van der Waals surface area contributed by atoms with Gasteiger partial charge < -0.3 is 24.7 Å². The fraction of sp³-hybridized carbons (Fsp3) is 0.448. The first kappa shape index (κ1) is 32.4. The van der Waals surface area contributed by atoms with E-state index in [0.717, 1.165) is 19.3 Å². The molecule has 13 heteroatoms. The molecular formula is C29H37N5O7S. The lowest BCUT2D eigenvalue weighted by Crippen LogP contribution is -2.51. The summed E-state index contributed by atoms with van der Waals surface area (Å²) >= 11 is 0. The van der Waals surface area contributed by atoms with Crippen LogP contribution in [-0.2, 0) is 31.0 Å². The van der Waals surface area contributed by atoms with Crippen molar-refractivity contribution in [2.75, 3.05) is 13.1 Å². The number of rotatable bonds is 12. The number of carboxylic acids is 2. The molecule has 3 aromatic rings. The Bertz CT molecular complexity index is 1510. The van der Waals surface area contributed by atoms with Crippen molar-refractivity contribution in [2.45, 2.75) is 69.4 Å². The fourth-order valence-electron chi connectivity index (χ4n) is 4.96. The van der Waals surface area contributed by atoms with Crippen LogP contribution in [0.15, 0.2) is 53.7 Å². The van der Waals surface area contributed by atoms with Crippen LogP contribution in [0.5, 0.6) is 0 Å². The van der Waals surface area contributed by atoms with Gasteiger partial charge >= 0.3 is 11.9 Å². The number of carboxylic acid groups (broad SMARTS) is 2. The van der Waals surface area contributed by atoms with Crippen LogP contribution >= 0.6 is 0 Å². The van der Waals surface area contributed by atoms with Gasteiger partial charge in [0.25, 0.3) is 0 Å². The van der Waals surface area contributed by atoms with E-state index in [0.29, 0.717) is 48.6 Å². The standard InChI is InChI=1S/C26H31N5O5S.C3H6O2/c27-18-20-5-3-14-30(20)17-12-23(26(34)31-15-10-19(11-16-31)4-1-8-25(32)33)29-37(35,36)24-7-2-6-22-21(24)9-13-28-22;1-2-3(4)5/h2-3,5-7,9,13-14,19,23,28-29H,1,4,8,10-12,15-17H2,(H,32,33);2H2,1H3,(H,4,5). The number of nitrogens with one attached hydrogen (secondary N) is 2. The Labute approximate surface area is 245 Å². The first-order valence-electron chi connectivity index (χ1n) is 13.9. The smallest absolute Gasteiger partial charge is 0.303 e. The molecule has 0 bridgehead atoms. The molecule has 0 aliphatic carbocycles. The number of piperidine rings is 1. The van der Waals surface area contributed by atoms with Crippen molar-refractivity contribution in [3.63, 3.8) is 0 Å². The molecule has 0 spiro atoms. The van der Waals surface area contributed by atoms with E-state index < -0.39 is 28.0 Å². The summed E-state index contributed by atoms with van der Waals surface area (Å²) in [4.78, 5) is 38.5. The normalized spacial score (nSPS) is 14.5. The van der Waals surface area contributed by atoms with Gasteiger partial charge in [0.05, 0.1) is 4.90 Å². The molecule has 1 unspecified atom stereocenters. The van der Waals surface area contributed by atoms with Crippen LogP contribution in [-0.4, -0.2) is 70.1 Å². The zero-order valence-electron chi connectivity index (χ0n) is 23.5. The van der Waals surface area contributed by atoms with Crippen LogP contribution in [0.25, 0.3) is 10.9 Å². The number of hydrogen-bond donors (Lipinski definition) is 4. The third kappa shape index (κ3) is 8.92. The van der Waals surface area contributed by atoms with Crippen molar-refractivity contribution in [3.8, 4) is 6.07 Å². The van der Waals surface area contributed by atoms with Crippen LogP contribution < -0.4 is 4.72 Å². The predicted molar refractivity (Wildman–Crippen MR) is 155 cm³/mol. The SMILES string of the molecule is CCC(=O)O.N#Cc1cccn1CCC(NS(=O)(=O)c1cccc2[nH]ccc12)C(=O)N1CCC(CCCC(=O)O)CC1. The van der Waals surface area contributed by atoms with Crippen LogP contribution in [0.3, 0.4) is 0 Å². The number of hydrogen-bond acceptors (Lipinski definition) is 6. The van der Waals surface area contributed by atoms with E-state index >= 15 is 0 Å². The molecule has 1 aliphatic heterocycles. The van der Waals surface area contributed by atoms with Crippen molar-refractivity contribution in [1.82, 2.24) is 19.2 Å². The molecule has 3 heterocycles. The highest BCUT2D eigenvalue weighted by atomic mass is 32.2. The second-order valence-electron chi connectivity index (χ2n) is 10.2. The van der Waals surface area contributed by atoms with Gasteiger partial charge in [-0.15, -0.1) is 0 Å². The van der Waals surface area contributed by atoms with Crippen molar-refractivity contribution in [1.29, 1.82) is 5.26 Å². The highest BCUT2D eigenvalue weighted by Crippen LogP contribution is 2.25. The Morgan fingerprint density at radius 1 is 1.12 bits per heavy atom. The summed E-state index contributed by atoms with van der Waals surface area (Å²) in [5, 5.41) is 26.5. The van der Waals surface area contributed by atoms with Crippen molar-refractivity contribution in [3.05, 3.63) is 54.5 Å². The molecule has 2 aromatic heterocycles. The lowest BCUT2D eigenvalue weighted by atomic mass is 9.91. The van der Waals surface area contributed by atoms with E-state index in [2.05, 4.69) is 15.8 Å². The van der Waals surface area contributed by atoms with E-state index in [1.54, 1.807) is 59.1 Å². The number of carbonyl (C=O) groups excluding carboxylic acids is 1. The quantitative estimate of drug-likeness (QED) is 0.243. The molecule has 1 atom stereocenters. The maximum Gasteiger partial charge on any atom is 0.303 e. The number of nitriles is 1. The van der Waals surface area contributed by atoms with Crippen LogP contribution in [0.2, 0.25) is 0 Å². The number of amides is 1. The highest BCUT2D eigenvalue weighted by Gasteiger charge is 2.32. The van der Waals surface area contributed by atoms with Gasteiger partial charge in [0.1, 0.15) is 17.8 Å². The molecule has 12 nitrogen and oxygen atoms in total. The molecule has 0 radical (unpaired) electrons. The lowest BCUT2D eigenvalue weighted by Gasteiger charge is -2.34. The van der Waals surface area contributed by atoms with Gasteiger partial charge in [-0.25, -0.2) is 8.42 Å². The molecule has 1 aliphatic rings. The summed E-state index contributed by atoms with van der Waals surface area (Å²) in [6, 6.07) is 11.1. The molecule has 1 fully saturated rings. The van der Waals surface area contributed by atoms with Gasteiger partial charge in [-0.2, -0.15) is 9.98 Å². The van der Waals surface area contributed by atoms with Crippen molar-refractivity contribution >= 4 is 38.8 Å². The summed E-state index contributed by atoms with van der Waals surface area (Å²) in [5.74, 6) is -1.49. The zero-order chi connectivity index (χ0) is 30.7. The Kier molecular flexibility index (Phi) is 11.7. The first-order chi connectivity index (χ1) is 20.1. The number of benzene rings is 1. The average Bonchev–Trinajstić information content (AvgIpc) is 3.64. The minimum absolute atomic E-state index is 0.0971. The van der Waals surface area contributed by atoms with Crippen molar-refractivity contribution < 1.29 is 33.0 Å². The Hall–Kier alpha value is -4.15. The Morgan fingerprint density at radius 3 is 2.48 bits per heavy atom. The fourth-order valence-corrected chi connectivity index (χ4v) is 6.40. The summed E-state index contributed by atoms with van der Waals surface area (Å²) in [5.41, 5.74) is 1.12. The summed E-state index contributed by atoms with van der Waals surface area (Å²) < 4.78 is 31.3. The molecule has 1 aromatic carbocycles. The van der Waals surface area contributed by atoms with Crippen molar-refractivity contribution in [2.24, 2.45) is 5.92 Å². The highest BCUT2D eigenvalue weighted by molar-refractivity contribution is 7.89. The van der Waals surface area contributed by atoms with E-state index in [-0.39, 0.29) is 30.1 Å². The number of fused-ring (bicyclic) bond motifs is 1. The van der Waals surface area contributed by atoms with Gasteiger partial charge in [-0.3, -0.25) is 14.4 Å². The Balaban J connectivity index is 0.000000892.